The molecule has 3 rings (SSSR count). The summed E-state index contributed by atoms with van der Waals surface area (Å²) in [7, 11) is 3.14. The molecule has 1 aromatic heterocycles. The molecule has 29 heavy (non-hydrogen) atoms. The maximum Gasteiger partial charge on any atom is 0.254 e. The quantitative estimate of drug-likeness (QED) is 0.584. The summed E-state index contributed by atoms with van der Waals surface area (Å²) in [4.78, 5) is 14.5. The maximum absolute atomic E-state index is 13.5. The van der Waals surface area contributed by atoms with Crippen molar-refractivity contribution in [1.29, 1.82) is 0 Å². The second-order valence-corrected chi connectivity index (χ2v) is 6.79. The van der Waals surface area contributed by atoms with Crippen LogP contribution in [0, 0.1) is 5.82 Å². The fraction of sp³-hybridized carbons (Fsp3) is 0.273. The molecule has 0 spiro atoms. The van der Waals surface area contributed by atoms with Crippen molar-refractivity contribution in [3.63, 3.8) is 0 Å². The fourth-order valence-electron chi connectivity index (χ4n) is 2.97. The van der Waals surface area contributed by atoms with Crippen molar-refractivity contribution in [1.82, 2.24) is 10.1 Å². The SMILES string of the molecule is COc1ccc(-c2cc(CN(C(=O)c3cccc(F)c3)C(C)C)no2)c(OC)c1. The van der Waals surface area contributed by atoms with E-state index in [-0.39, 0.29) is 18.5 Å². The van der Waals surface area contributed by atoms with Crippen LogP contribution in [0.1, 0.15) is 29.9 Å². The molecule has 0 fully saturated rings. The molecule has 3 aromatic rings. The number of carbonyl (C=O) groups excluding carboxylic acids is 1. The molecule has 1 amide bonds. The Bertz CT molecular complexity index is 1000. The van der Waals surface area contributed by atoms with E-state index in [1.54, 1.807) is 43.4 Å². The monoisotopic (exact) mass is 398 g/mol. The van der Waals surface area contributed by atoms with E-state index >= 15 is 0 Å². The second kappa shape index (κ2) is 8.77. The molecule has 6 nitrogen and oxygen atoms in total. The van der Waals surface area contributed by atoms with E-state index < -0.39 is 5.82 Å². The van der Waals surface area contributed by atoms with E-state index in [4.69, 9.17) is 14.0 Å². The molecular weight excluding hydrogens is 375 g/mol. The third kappa shape index (κ3) is 4.56. The molecule has 152 valence electrons. The highest BCUT2D eigenvalue weighted by molar-refractivity contribution is 5.94. The lowest BCUT2D eigenvalue weighted by atomic mass is 10.1. The predicted molar refractivity (Wildman–Crippen MR) is 106 cm³/mol. The zero-order valence-corrected chi connectivity index (χ0v) is 16.8. The normalized spacial score (nSPS) is 10.8. The van der Waals surface area contributed by atoms with Gasteiger partial charge >= 0.3 is 0 Å². The minimum atomic E-state index is -0.449. The summed E-state index contributed by atoms with van der Waals surface area (Å²) < 4.78 is 29.6. The number of rotatable bonds is 7. The number of nitrogens with zero attached hydrogens (tertiary/aromatic N) is 2. The van der Waals surface area contributed by atoms with Crippen LogP contribution in [-0.2, 0) is 6.54 Å². The zero-order chi connectivity index (χ0) is 21.0. The maximum atomic E-state index is 13.5. The van der Waals surface area contributed by atoms with Gasteiger partial charge in [-0.15, -0.1) is 0 Å². The molecule has 0 radical (unpaired) electrons. The number of benzene rings is 2. The van der Waals surface area contributed by atoms with Crippen LogP contribution in [0.2, 0.25) is 0 Å². The summed E-state index contributed by atoms with van der Waals surface area (Å²) in [5.74, 6) is 1.04. The lowest BCUT2D eigenvalue weighted by molar-refractivity contribution is 0.0685. The summed E-state index contributed by atoms with van der Waals surface area (Å²) in [6.07, 6.45) is 0. The molecule has 0 saturated heterocycles. The number of amides is 1. The highest BCUT2D eigenvalue weighted by Gasteiger charge is 2.22. The van der Waals surface area contributed by atoms with Crippen LogP contribution in [-0.4, -0.2) is 36.2 Å². The van der Waals surface area contributed by atoms with Crippen molar-refractivity contribution in [2.75, 3.05) is 14.2 Å². The molecule has 0 atom stereocenters. The van der Waals surface area contributed by atoms with Crippen LogP contribution in [0.4, 0.5) is 4.39 Å². The predicted octanol–water partition coefficient (Wildman–Crippen LogP) is 4.55. The highest BCUT2D eigenvalue weighted by atomic mass is 19.1. The standard InChI is InChI=1S/C22H23FN2O4/c1-14(2)25(22(26)15-6-5-7-16(23)10-15)13-17-11-21(29-24-17)19-9-8-18(27-3)12-20(19)28-4/h5-12,14H,13H2,1-4H3. The molecule has 0 aliphatic rings. The average Bonchev–Trinajstić information content (AvgIpc) is 3.19. The van der Waals surface area contributed by atoms with Gasteiger partial charge in [0.2, 0.25) is 0 Å². The fourth-order valence-corrected chi connectivity index (χ4v) is 2.97. The topological polar surface area (TPSA) is 64.8 Å². The third-order valence-corrected chi connectivity index (χ3v) is 4.52. The first-order valence-corrected chi connectivity index (χ1v) is 9.17. The van der Waals surface area contributed by atoms with E-state index in [0.29, 0.717) is 28.5 Å². The Morgan fingerprint density at radius 2 is 1.93 bits per heavy atom. The summed E-state index contributed by atoms with van der Waals surface area (Å²) in [5, 5.41) is 4.10. The van der Waals surface area contributed by atoms with Crippen LogP contribution in [0.3, 0.4) is 0 Å². The van der Waals surface area contributed by atoms with Gasteiger partial charge in [0.05, 0.1) is 26.3 Å². The Morgan fingerprint density at radius 3 is 2.59 bits per heavy atom. The Labute approximate surface area is 168 Å². The van der Waals surface area contributed by atoms with Crippen LogP contribution in [0.15, 0.2) is 53.1 Å². The van der Waals surface area contributed by atoms with Gasteiger partial charge in [0, 0.05) is 23.7 Å². The van der Waals surface area contributed by atoms with Gasteiger partial charge in [0.1, 0.15) is 23.0 Å². The lowest BCUT2D eigenvalue weighted by Gasteiger charge is -2.25. The van der Waals surface area contributed by atoms with E-state index in [1.165, 1.54) is 18.2 Å². The molecule has 0 N–H and O–H groups in total. The van der Waals surface area contributed by atoms with Gasteiger partial charge in [0.25, 0.3) is 5.91 Å². The second-order valence-electron chi connectivity index (χ2n) is 6.79. The van der Waals surface area contributed by atoms with E-state index in [2.05, 4.69) is 5.16 Å². The van der Waals surface area contributed by atoms with E-state index in [9.17, 15) is 9.18 Å². The van der Waals surface area contributed by atoms with Crippen LogP contribution in [0.25, 0.3) is 11.3 Å². The Morgan fingerprint density at radius 1 is 1.14 bits per heavy atom. The minimum Gasteiger partial charge on any atom is -0.497 e. The minimum absolute atomic E-state index is 0.110. The first kappa shape index (κ1) is 20.4. The molecular formula is C22H23FN2O4. The molecule has 0 saturated carbocycles. The van der Waals surface area contributed by atoms with Crippen molar-refractivity contribution < 1.29 is 23.2 Å². The van der Waals surface area contributed by atoms with Crippen molar-refractivity contribution in [3.8, 4) is 22.8 Å². The first-order valence-electron chi connectivity index (χ1n) is 9.17. The smallest absolute Gasteiger partial charge is 0.254 e. The van der Waals surface area contributed by atoms with Gasteiger partial charge in [-0.3, -0.25) is 4.79 Å². The lowest BCUT2D eigenvalue weighted by Crippen LogP contribution is -2.36. The van der Waals surface area contributed by atoms with Gasteiger partial charge in [-0.05, 0) is 44.2 Å². The molecule has 0 unspecified atom stereocenters. The first-order chi connectivity index (χ1) is 13.9. The van der Waals surface area contributed by atoms with E-state index in [1.807, 2.05) is 19.9 Å². The Kier molecular flexibility index (Phi) is 6.16. The third-order valence-electron chi connectivity index (χ3n) is 4.52. The number of hydrogen-bond donors (Lipinski definition) is 0. The number of carbonyl (C=O) groups is 1. The number of hydrogen-bond acceptors (Lipinski definition) is 5. The number of ether oxygens (including phenoxy) is 2. The van der Waals surface area contributed by atoms with Gasteiger partial charge in [-0.25, -0.2) is 4.39 Å². The summed E-state index contributed by atoms with van der Waals surface area (Å²) in [6.45, 7) is 4.02. The Hall–Kier alpha value is -3.35. The van der Waals surface area contributed by atoms with Crippen LogP contribution < -0.4 is 9.47 Å². The average molecular weight is 398 g/mol. The van der Waals surface area contributed by atoms with Gasteiger partial charge in [-0.2, -0.15) is 0 Å². The number of halogens is 1. The van der Waals surface area contributed by atoms with E-state index in [0.717, 1.165) is 5.56 Å². The number of methoxy groups -OCH3 is 2. The molecule has 0 bridgehead atoms. The molecule has 2 aromatic carbocycles. The summed E-state index contributed by atoms with van der Waals surface area (Å²) in [5.41, 5.74) is 1.59. The van der Waals surface area contributed by atoms with Crippen molar-refractivity contribution in [2.24, 2.45) is 0 Å². The summed E-state index contributed by atoms with van der Waals surface area (Å²) in [6, 6.07) is 12.7. The highest BCUT2D eigenvalue weighted by Crippen LogP contribution is 2.33. The van der Waals surface area contributed by atoms with Gasteiger partial charge < -0.3 is 18.9 Å². The van der Waals surface area contributed by atoms with Crippen molar-refractivity contribution in [3.05, 3.63) is 65.6 Å². The van der Waals surface area contributed by atoms with Crippen LogP contribution >= 0.6 is 0 Å². The molecule has 0 aliphatic carbocycles. The molecule has 7 heteroatoms. The van der Waals surface area contributed by atoms with Crippen molar-refractivity contribution in [2.45, 2.75) is 26.4 Å². The zero-order valence-electron chi connectivity index (χ0n) is 16.8. The molecule has 0 aliphatic heterocycles. The van der Waals surface area contributed by atoms with Gasteiger partial charge in [0.15, 0.2) is 5.76 Å². The number of aromatic nitrogens is 1. The largest absolute Gasteiger partial charge is 0.497 e. The Balaban J connectivity index is 1.85. The summed E-state index contributed by atoms with van der Waals surface area (Å²) >= 11 is 0. The van der Waals surface area contributed by atoms with Gasteiger partial charge in [-0.1, -0.05) is 11.2 Å². The van der Waals surface area contributed by atoms with Crippen molar-refractivity contribution >= 4 is 5.91 Å². The molecule has 1 heterocycles. The van der Waals surface area contributed by atoms with Crippen LogP contribution in [0.5, 0.6) is 11.5 Å².